The molecule has 0 saturated heterocycles. The maximum Gasteiger partial charge on any atom is 0.227 e. The van der Waals surface area contributed by atoms with Crippen molar-refractivity contribution in [3.8, 4) is 0 Å². The lowest BCUT2D eigenvalue weighted by Crippen LogP contribution is -1.89. The van der Waals surface area contributed by atoms with E-state index in [0.717, 1.165) is 27.7 Å². The predicted molar refractivity (Wildman–Crippen MR) is 98.7 cm³/mol. The lowest BCUT2D eigenvalue weighted by Gasteiger charge is -2.07. The maximum absolute atomic E-state index is 5.85. The van der Waals surface area contributed by atoms with Crippen LogP contribution in [0.5, 0.6) is 0 Å². The fraction of sp³-hybridized carbons (Fsp3) is 0. The SMILES string of the molecule is c1ccc2cc(Nc3ccc4c(c3)oc3ncccc34)ccc2c1. The number of anilines is 2. The third-order valence-corrected chi connectivity index (χ3v) is 4.29. The first-order valence-corrected chi connectivity index (χ1v) is 7.90. The van der Waals surface area contributed by atoms with Crippen molar-refractivity contribution in [2.75, 3.05) is 5.32 Å². The summed E-state index contributed by atoms with van der Waals surface area (Å²) >= 11 is 0. The van der Waals surface area contributed by atoms with E-state index < -0.39 is 0 Å². The van der Waals surface area contributed by atoms with Crippen LogP contribution in [0.3, 0.4) is 0 Å². The molecule has 3 heteroatoms. The highest BCUT2D eigenvalue weighted by Gasteiger charge is 2.08. The van der Waals surface area contributed by atoms with Crippen LogP contribution in [-0.2, 0) is 0 Å². The summed E-state index contributed by atoms with van der Waals surface area (Å²) in [6.45, 7) is 0. The molecule has 0 amide bonds. The summed E-state index contributed by atoms with van der Waals surface area (Å²) in [6, 6.07) is 24.8. The number of pyridine rings is 1. The largest absolute Gasteiger partial charge is 0.438 e. The van der Waals surface area contributed by atoms with Crippen molar-refractivity contribution >= 4 is 44.2 Å². The van der Waals surface area contributed by atoms with Gasteiger partial charge in [0.2, 0.25) is 5.71 Å². The monoisotopic (exact) mass is 310 g/mol. The molecule has 0 fully saturated rings. The normalized spacial score (nSPS) is 11.3. The summed E-state index contributed by atoms with van der Waals surface area (Å²) in [5, 5.41) is 8.04. The van der Waals surface area contributed by atoms with Gasteiger partial charge in [0.25, 0.3) is 0 Å². The van der Waals surface area contributed by atoms with Crippen molar-refractivity contribution in [2.45, 2.75) is 0 Å². The van der Waals surface area contributed by atoms with Crippen LogP contribution in [0.4, 0.5) is 11.4 Å². The smallest absolute Gasteiger partial charge is 0.227 e. The van der Waals surface area contributed by atoms with E-state index in [0.29, 0.717) is 5.71 Å². The van der Waals surface area contributed by atoms with Crippen LogP contribution < -0.4 is 5.32 Å². The van der Waals surface area contributed by atoms with Crippen molar-refractivity contribution in [3.05, 3.63) is 79.0 Å². The number of furan rings is 1. The Bertz CT molecular complexity index is 1190. The number of hydrogen-bond acceptors (Lipinski definition) is 3. The van der Waals surface area contributed by atoms with Gasteiger partial charge in [-0.25, -0.2) is 4.98 Å². The standard InChI is InChI=1S/C21H14N2O/c1-2-5-15-12-16(8-7-14(15)4-1)23-17-9-10-18-19-6-3-11-22-21(19)24-20(18)13-17/h1-13,23H. The van der Waals surface area contributed by atoms with E-state index in [9.17, 15) is 0 Å². The number of benzene rings is 3. The van der Waals surface area contributed by atoms with Crippen molar-refractivity contribution in [1.29, 1.82) is 0 Å². The molecule has 2 aromatic heterocycles. The summed E-state index contributed by atoms with van der Waals surface area (Å²) in [4.78, 5) is 4.28. The molecule has 5 rings (SSSR count). The van der Waals surface area contributed by atoms with E-state index in [-0.39, 0.29) is 0 Å². The molecule has 5 aromatic rings. The Morgan fingerprint density at radius 1 is 0.708 bits per heavy atom. The van der Waals surface area contributed by atoms with Gasteiger partial charge in [0.15, 0.2) is 0 Å². The van der Waals surface area contributed by atoms with Crippen LogP contribution in [0.25, 0.3) is 32.8 Å². The zero-order valence-corrected chi connectivity index (χ0v) is 12.9. The van der Waals surface area contributed by atoms with E-state index in [1.807, 2.05) is 18.2 Å². The van der Waals surface area contributed by atoms with Gasteiger partial charge in [-0.3, -0.25) is 0 Å². The lowest BCUT2D eigenvalue weighted by atomic mass is 10.1. The number of nitrogens with zero attached hydrogens (tertiary/aromatic N) is 1. The minimum Gasteiger partial charge on any atom is -0.438 e. The minimum absolute atomic E-state index is 0.676. The molecule has 0 aliphatic carbocycles. The molecule has 0 spiro atoms. The van der Waals surface area contributed by atoms with Crippen LogP contribution in [0, 0.1) is 0 Å². The summed E-state index contributed by atoms with van der Waals surface area (Å²) in [5.74, 6) is 0. The van der Waals surface area contributed by atoms with Crippen LogP contribution in [0.15, 0.2) is 83.4 Å². The zero-order chi connectivity index (χ0) is 15.9. The second-order valence-electron chi connectivity index (χ2n) is 5.86. The first kappa shape index (κ1) is 13.1. The molecule has 114 valence electrons. The van der Waals surface area contributed by atoms with Crippen LogP contribution in [0.2, 0.25) is 0 Å². The highest BCUT2D eigenvalue weighted by molar-refractivity contribution is 6.04. The van der Waals surface area contributed by atoms with Gasteiger partial charge in [-0.1, -0.05) is 30.3 Å². The molecule has 0 aliphatic heterocycles. The summed E-state index contributed by atoms with van der Waals surface area (Å²) in [5.41, 5.74) is 3.57. The van der Waals surface area contributed by atoms with Crippen molar-refractivity contribution in [1.82, 2.24) is 4.98 Å². The fourth-order valence-electron chi connectivity index (χ4n) is 3.12. The third kappa shape index (κ3) is 2.10. The summed E-state index contributed by atoms with van der Waals surface area (Å²) in [7, 11) is 0. The number of nitrogens with one attached hydrogen (secondary N) is 1. The van der Waals surface area contributed by atoms with E-state index in [1.165, 1.54) is 10.8 Å². The number of rotatable bonds is 2. The van der Waals surface area contributed by atoms with E-state index in [4.69, 9.17) is 4.42 Å². The van der Waals surface area contributed by atoms with E-state index in [2.05, 4.69) is 64.9 Å². The van der Waals surface area contributed by atoms with Gasteiger partial charge in [0.05, 0.1) is 0 Å². The highest BCUT2D eigenvalue weighted by atomic mass is 16.3. The molecular weight excluding hydrogens is 296 g/mol. The molecule has 1 N–H and O–H groups in total. The minimum atomic E-state index is 0.676. The molecule has 2 heterocycles. The van der Waals surface area contributed by atoms with Gasteiger partial charge in [0, 0.05) is 34.4 Å². The molecule has 0 aliphatic rings. The van der Waals surface area contributed by atoms with Crippen LogP contribution >= 0.6 is 0 Å². The second kappa shape index (κ2) is 5.10. The molecule has 0 unspecified atom stereocenters. The second-order valence-corrected chi connectivity index (χ2v) is 5.86. The van der Waals surface area contributed by atoms with Gasteiger partial charge >= 0.3 is 0 Å². The third-order valence-electron chi connectivity index (χ3n) is 4.29. The highest BCUT2D eigenvalue weighted by Crippen LogP contribution is 2.30. The lowest BCUT2D eigenvalue weighted by molar-refractivity contribution is 0.654. The Labute approximate surface area is 138 Å². The first-order valence-electron chi connectivity index (χ1n) is 7.90. The number of aromatic nitrogens is 1. The Morgan fingerprint density at radius 3 is 2.50 bits per heavy atom. The number of hydrogen-bond donors (Lipinski definition) is 1. The van der Waals surface area contributed by atoms with Gasteiger partial charge in [0.1, 0.15) is 5.58 Å². The van der Waals surface area contributed by atoms with Crippen molar-refractivity contribution in [2.24, 2.45) is 0 Å². The first-order chi connectivity index (χ1) is 11.9. The molecule has 3 aromatic carbocycles. The van der Waals surface area contributed by atoms with Gasteiger partial charge < -0.3 is 9.73 Å². The average molecular weight is 310 g/mol. The average Bonchev–Trinajstić information content (AvgIpc) is 2.99. The van der Waals surface area contributed by atoms with E-state index >= 15 is 0 Å². The zero-order valence-electron chi connectivity index (χ0n) is 12.9. The molecule has 24 heavy (non-hydrogen) atoms. The van der Waals surface area contributed by atoms with Crippen LogP contribution in [0.1, 0.15) is 0 Å². The Balaban J connectivity index is 1.56. The van der Waals surface area contributed by atoms with Crippen LogP contribution in [-0.4, -0.2) is 4.98 Å². The Hall–Kier alpha value is -3.33. The topological polar surface area (TPSA) is 38.1 Å². The molecule has 0 bridgehead atoms. The molecular formula is C21H14N2O. The van der Waals surface area contributed by atoms with Crippen molar-refractivity contribution < 1.29 is 4.42 Å². The fourth-order valence-corrected chi connectivity index (χ4v) is 3.12. The van der Waals surface area contributed by atoms with Gasteiger partial charge in [-0.05, 0) is 47.2 Å². The van der Waals surface area contributed by atoms with Crippen molar-refractivity contribution in [3.63, 3.8) is 0 Å². The Morgan fingerprint density at radius 2 is 1.54 bits per heavy atom. The number of fused-ring (bicyclic) bond motifs is 4. The summed E-state index contributed by atoms with van der Waals surface area (Å²) < 4.78 is 5.85. The molecule has 0 atom stereocenters. The van der Waals surface area contributed by atoms with Gasteiger partial charge in [-0.15, -0.1) is 0 Å². The van der Waals surface area contributed by atoms with E-state index in [1.54, 1.807) is 6.20 Å². The molecule has 0 radical (unpaired) electrons. The maximum atomic E-state index is 5.85. The molecule has 0 saturated carbocycles. The Kier molecular flexibility index (Phi) is 2.79. The quantitative estimate of drug-likeness (QED) is 0.442. The molecule has 3 nitrogen and oxygen atoms in total. The predicted octanol–water partition coefficient (Wildman–Crippen LogP) is 5.88. The summed E-state index contributed by atoms with van der Waals surface area (Å²) in [6.07, 6.45) is 1.75. The van der Waals surface area contributed by atoms with Gasteiger partial charge in [-0.2, -0.15) is 0 Å².